The van der Waals surface area contributed by atoms with E-state index in [0.717, 1.165) is 11.9 Å². The largest absolute Gasteiger partial charge is 0.299 e. The Balaban J connectivity index is 4.19. The molecular weight excluding hydrogens is 112 g/mol. The van der Waals surface area contributed by atoms with Gasteiger partial charge in [-0.05, 0) is 18.4 Å². The molecule has 0 aromatic heterocycles. The predicted molar refractivity (Wildman–Crippen MR) is 39.3 cm³/mol. The van der Waals surface area contributed by atoms with Crippen LogP contribution < -0.4 is 0 Å². The van der Waals surface area contributed by atoms with Gasteiger partial charge in [-0.25, -0.2) is 0 Å². The average Bonchev–Trinajstić information content (AvgIpc) is 1.64. The second kappa shape index (κ2) is 2.81. The molecule has 0 radical (unpaired) electrons. The van der Waals surface area contributed by atoms with E-state index in [2.05, 4.69) is 20.8 Å². The molecule has 0 fully saturated rings. The van der Waals surface area contributed by atoms with Gasteiger partial charge in [-0.1, -0.05) is 26.3 Å². The number of rotatable bonds is 1. The first kappa shape index (κ1) is 8.41. The Bertz CT molecular complexity index is 126. The molecule has 0 bridgehead atoms. The quantitative estimate of drug-likeness (QED) is 0.389. The molecule has 0 amide bonds. The van der Waals surface area contributed by atoms with Crippen molar-refractivity contribution in [3.05, 3.63) is 11.6 Å². The van der Waals surface area contributed by atoms with Crippen molar-refractivity contribution < 1.29 is 4.79 Å². The normalized spacial score (nSPS) is 13.6. The molecule has 0 aliphatic rings. The molecular formula is C8H14O. The van der Waals surface area contributed by atoms with Crippen molar-refractivity contribution in [3.63, 3.8) is 0 Å². The summed E-state index contributed by atoms with van der Waals surface area (Å²) in [6.07, 6.45) is 2.45. The van der Waals surface area contributed by atoms with Crippen LogP contribution in [0.2, 0.25) is 0 Å². The van der Waals surface area contributed by atoms with Crippen LogP contribution in [-0.2, 0) is 4.79 Å². The number of hydrogen-bond acceptors (Lipinski definition) is 1. The van der Waals surface area contributed by atoms with Gasteiger partial charge in [0.15, 0.2) is 0 Å². The van der Waals surface area contributed by atoms with Crippen molar-refractivity contribution in [1.29, 1.82) is 0 Å². The van der Waals surface area contributed by atoms with E-state index in [1.807, 2.05) is 6.92 Å². The highest BCUT2D eigenvalue weighted by Gasteiger charge is 2.10. The van der Waals surface area contributed by atoms with E-state index in [1.165, 1.54) is 0 Å². The summed E-state index contributed by atoms with van der Waals surface area (Å²) in [6, 6.07) is 0. The summed E-state index contributed by atoms with van der Waals surface area (Å²) < 4.78 is 0. The van der Waals surface area contributed by atoms with Gasteiger partial charge in [0.1, 0.15) is 6.29 Å². The van der Waals surface area contributed by atoms with E-state index >= 15 is 0 Å². The Kier molecular flexibility index (Phi) is 2.63. The molecule has 0 atom stereocenters. The maximum atomic E-state index is 9.99. The number of carbonyl (C=O) groups excluding carboxylic acids is 1. The fourth-order valence-corrected chi connectivity index (χ4v) is 0.352. The van der Waals surface area contributed by atoms with Gasteiger partial charge in [0.25, 0.3) is 0 Å². The van der Waals surface area contributed by atoms with Gasteiger partial charge in [-0.3, -0.25) is 4.79 Å². The van der Waals surface area contributed by atoms with Crippen LogP contribution in [0.5, 0.6) is 0 Å². The monoisotopic (exact) mass is 126 g/mol. The van der Waals surface area contributed by atoms with Crippen LogP contribution in [0, 0.1) is 5.41 Å². The van der Waals surface area contributed by atoms with Crippen molar-refractivity contribution in [2.75, 3.05) is 0 Å². The molecule has 0 N–H and O–H groups in total. The van der Waals surface area contributed by atoms with Crippen LogP contribution in [-0.4, -0.2) is 6.29 Å². The molecule has 0 saturated carbocycles. The van der Waals surface area contributed by atoms with E-state index in [9.17, 15) is 4.79 Å². The number of allylic oxidation sites excluding steroid dienone is 2. The lowest BCUT2D eigenvalue weighted by atomic mass is 9.88. The van der Waals surface area contributed by atoms with E-state index in [0.29, 0.717) is 0 Å². The molecule has 0 aliphatic carbocycles. The Labute approximate surface area is 56.8 Å². The highest BCUT2D eigenvalue weighted by molar-refractivity contribution is 5.66. The van der Waals surface area contributed by atoms with Gasteiger partial charge < -0.3 is 0 Å². The maximum absolute atomic E-state index is 9.99. The Morgan fingerprint density at radius 3 is 1.89 bits per heavy atom. The summed E-state index contributed by atoms with van der Waals surface area (Å²) in [7, 11) is 0. The second-order valence-corrected chi connectivity index (χ2v) is 3.24. The van der Waals surface area contributed by atoms with Crippen molar-refractivity contribution >= 4 is 6.29 Å². The van der Waals surface area contributed by atoms with Gasteiger partial charge in [0.05, 0.1) is 0 Å². The molecule has 1 nitrogen and oxygen atoms in total. The van der Waals surface area contributed by atoms with Crippen molar-refractivity contribution in [3.8, 4) is 0 Å². The zero-order valence-electron chi connectivity index (χ0n) is 6.56. The second-order valence-electron chi connectivity index (χ2n) is 3.24. The molecule has 0 aliphatic heterocycles. The van der Waals surface area contributed by atoms with Gasteiger partial charge in [-0.15, -0.1) is 0 Å². The summed E-state index contributed by atoms with van der Waals surface area (Å²) in [6.45, 7) is 8.22. The standard InChI is InChI=1S/C8H14O/c1-7(5-6-9)8(2,3)4/h5-6H,1-4H3. The van der Waals surface area contributed by atoms with Crippen LogP contribution in [0.15, 0.2) is 11.6 Å². The first-order valence-corrected chi connectivity index (χ1v) is 3.11. The molecule has 1 heteroatoms. The highest BCUT2D eigenvalue weighted by atomic mass is 16.1. The molecule has 0 spiro atoms. The highest BCUT2D eigenvalue weighted by Crippen LogP contribution is 2.23. The van der Waals surface area contributed by atoms with Gasteiger partial charge >= 0.3 is 0 Å². The fraction of sp³-hybridized carbons (Fsp3) is 0.625. The molecule has 0 heterocycles. The lowest BCUT2D eigenvalue weighted by Crippen LogP contribution is -2.06. The van der Waals surface area contributed by atoms with E-state index in [4.69, 9.17) is 0 Å². The Morgan fingerprint density at radius 1 is 1.33 bits per heavy atom. The van der Waals surface area contributed by atoms with Gasteiger partial charge in [-0.2, -0.15) is 0 Å². The van der Waals surface area contributed by atoms with Gasteiger partial charge in [0, 0.05) is 0 Å². The smallest absolute Gasteiger partial charge is 0.142 e. The van der Waals surface area contributed by atoms with Crippen molar-refractivity contribution in [1.82, 2.24) is 0 Å². The summed E-state index contributed by atoms with van der Waals surface area (Å²) in [5, 5.41) is 0. The van der Waals surface area contributed by atoms with Gasteiger partial charge in [0.2, 0.25) is 0 Å². The molecule has 0 saturated heterocycles. The lowest BCUT2D eigenvalue weighted by Gasteiger charge is -2.18. The summed E-state index contributed by atoms with van der Waals surface area (Å²) >= 11 is 0. The Morgan fingerprint density at radius 2 is 1.78 bits per heavy atom. The zero-order valence-corrected chi connectivity index (χ0v) is 6.56. The number of carbonyl (C=O) groups is 1. The third-order valence-electron chi connectivity index (χ3n) is 1.50. The number of aldehydes is 1. The predicted octanol–water partition coefficient (Wildman–Crippen LogP) is 2.18. The maximum Gasteiger partial charge on any atom is 0.142 e. The first-order valence-electron chi connectivity index (χ1n) is 3.11. The van der Waals surface area contributed by atoms with Crippen LogP contribution in [0.4, 0.5) is 0 Å². The SMILES string of the molecule is CC(=CC=O)C(C)(C)C. The third kappa shape index (κ3) is 3.07. The zero-order chi connectivity index (χ0) is 7.49. The summed E-state index contributed by atoms with van der Waals surface area (Å²) in [5.74, 6) is 0. The fourth-order valence-electron chi connectivity index (χ4n) is 0.352. The van der Waals surface area contributed by atoms with Crippen LogP contribution in [0.25, 0.3) is 0 Å². The minimum absolute atomic E-state index is 0.140. The van der Waals surface area contributed by atoms with Crippen LogP contribution in [0.1, 0.15) is 27.7 Å². The summed E-state index contributed by atoms with van der Waals surface area (Å²) in [5.41, 5.74) is 1.26. The van der Waals surface area contributed by atoms with E-state index in [1.54, 1.807) is 6.08 Å². The minimum atomic E-state index is 0.140. The minimum Gasteiger partial charge on any atom is -0.299 e. The molecule has 0 rings (SSSR count). The lowest BCUT2D eigenvalue weighted by molar-refractivity contribution is -0.104. The molecule has 0 aromatic rings. The van der Waals surface area contributed by atoms with E-state index < -0.39 is 0 Å². The topological polar surface area (TPSA) is 17.1 Å². The third-order valence-corrected chi connectivity index (χ3v) is 1.50. The van der Waals surface area contributed by atoms with E-state index in [-0.39, 0.29) is 5.41 Å². The first-order chi connectivity index (χ1) is 3.98. The average molecular weight is 126 g/mol. The molecule has 52 valence electrons. The Hall–Kier alpha value is -0.590. The molecule has 0 aromatic carbocycles. The number of hydrogen-bond donors (Lipinski definition) is 0. The van der Waals surface area contributed by atoms with Crippen LogP contribution in [0.3, 0.4) is 0 Å². The van der Waals surface area contributed by atoms with Crippen LogP contribution >= 0.6 is 0 Å². The summed E-state index contributed by atoms with van der Waals surface area (Å²) in [4.78, 5) is 9.99. The molecule has 9 heavy (non-hydrogen) atoms. The van der Waals surface area contributed by atoms with Crippen molar-refractivity contribution in [2.45, 2.75) is 27.7 Å². The van der Waals surface area contributed by atoms with Crippen molar-refractivity contribution in [2.24, 2.45) is 5.41 Å². The molecule has 0 unspecified atom stereocenters.